The Balaban J connectivity index is 4.13. The maximum absolute atomic E-state index is 11.8. The lowest BCUT2D eigenvalue weighted by Gasteiger charge is -2.20. The second-order valence-electron chi connectivity index (χ2n) is 2.99. The molecule has 0 amide bonds. The van der Waals surface area contributed by atoms with E-state index < -0.39 is 7.82 Å². The Hall–Kier alpha value is 0.110. The molecule has 0 aromatic rings. The number of phosphoric ester groups is 1. The molecule has 0 bridgehead atoms. The van der Waals surface area contributed by atoms with Crippen molar-refractivity contribution in [2.24, 2.45) is 0 Å². The Morgan fingerprint density at radius 1 is 1.14 bits per heavy atom. The van der Waals surface area contributed by atoms with E-state index in [1.807, 2.05) is 13.8 Å². The van der Waals surface area contributed by atoms with Crippen LogP contribution in [0.25, 0.3) is 0 Å². The second-order valence-corrected chi connectivity index (χ2v) is 4.61. The lowest BCUT2D eigenvalue weighted by atomic mass is 10.2. The summed E-state index contributed by atoms with van der Waals surface area (Å²) in [5.74, 6) is 0. The van der Waals surface area contributed by atoms with Crippen molar-refractivity contribution in [3.63, 3.8) is 0 Å². The molecule has 0 fully saturated rings. The quantitative estimate of drug-likeness (QED) is 0.593. The van der Waals surface area contributed by atoms with Gasteiger partial charge in [-0.25, -0.2) is 4.57 Å². The van der Waals surface area contributed by atoms with Crippen molar-refractivity contribution >= 4 is 7.82 Å². The Kier molecular flexibility index (Phi) is 7.47. The van der Waals surface area contributed by atoms with Crippen LogP contribution in [0.2, 0.25) is 0 Å². The molecule has 1 atom stereocenters. The van der Waals surface area contributed by atoms with Gasteiger partial charge in [-0.2, -0.15) is 0 Å². The maximum Gasteiger partial charge on any atom is 0.475 e. The van der Waals surface area contributed by atoms with Gasteiger partial charge in [-0.05, 0) is 27.2 Å². The largest absolute Gasteiger partial charge is 0.475 e. The Bertz CT molecular complexity index is 174. The van der Waals surface area contributed by atoms with E-state index in [9.17, 15) is 4.57 Å². The molecule has 0 radical (unpaired) electrons. The van der Waals surface area contributed by atoms with Crippen molar-refractivity contribution in [3.05, 3.63) is 0 Å². The van der Waals surface area contributed by atoms with Crippen LogP contribution in [0.3, 0.4) is 0 Å². The van der Waals surface area contributed by atoms with E-state index in [-0.39, 0.29) is 6.10 Å². The number of rotatable bonds is 8. The zero-order valence-electron chi connectivity index (χ0n) is 9.49. The first-order chi connectivity index (χ1) is 6.58. The van der Waals surface area contributed by atoms with Crippen molar-refractivity contribution in [3.8, 4) is 0 Å². The summed E-state index contributed by atoms with van der Waals surface area (Å²) < 4.78 is 27.1. The first kappa shape index (κ1) is 14.1. The van der Waals surface area contributed by atoms with Crippen molar-refractivity contribution in [2.45, 2.75) is 46.6 Å². The minimum atomic E-state index is -3.31. The van der Waals surface area contributed by atoms with Crippen LogP contribution in [0.4, 0.5) is 0 Å². The van der Waals surface area contributed by atoms with Crippen LogP contribution in [0.15, 0.2) is 0 Å². The van der Waals surface area contributed by atoms with Crippen LogP contribution in [-0.4, -0.2) is 19.3 Å². The predicted octanol–water partition coefficient (Wildman–Crippen LogP) is 3.37. The van der Waals surface area contributed by atoms with Gasteiger partial charge in [0.1, 0.15) is 0 Å². The number of hydrogen-bond acceptors (Lipinski definition) is 4. The van der Waals surface area contributed by atoms with Crippen molar-refractivity contribution in [1.29, 1.82) is 0 Å². The van der Waals surface area contributed by atoms with Crippen LogP contribution in [0, 0.1) is 0 Å². The van der Waals surface area contributed by atoms with E-state index in [2.05, 4.69) is 0 Å². The Morgan fingerprint density at radius 2 is 1.64 bits per heavy atom. The number of phosphoric acid groups is 1. The van der Waals surface area contributed by atoms with Crippen molar-refractivity contribution in [1.82, 2.24) is 0 Å². The minimum absolute atomic E-state index is 0.0936. The summed E-state index contributed by atoms with van der Waals surface area (Å²) in [7, 11) is -3.31. The SMILES string of the molecule is CCCC(C)OP(=O)(OCC)OCC. The minimum Gasteiger partial charge on any atom is -0.287 e. The summed E-state index contributed by atoms with van der Waals surface area (Å²) in [6.07, 6.45) is 1.74. The molecule has 86 valence electrons. The third-order valence-corrected chi connectivity index (χ3v) is 3.35. The third kappa shape index (κ3) is 5.76. The van der Waals surface area contributed by atoms with E-state index in [1.54, 1.807) is 13.8 Å². The normalized spacial score (nSPS) is 14.3. The van der Waals surface area contributed by atoms with Gasteiger partial charge < -0.3 is 0 Å². The highest BCUT2D eigenvalue weighted by Gasteiger charge is 2.27. The highest BCUT2D eigenvalue weighted by atomic mass is 31.2. The molecule has 0 aliphatic rings. The molecular formula is C9H21O4P. The van der Waals surface area contributed by atoms with Gasteiger partial charge in [0.25, 0.3) is 0 Å². The lowest BCUT2D eigenvalue weighted by Crippen LogP contribution is -2.09. The topological polar surface area (TPSA) is 44.8 Å². The van der Waals surface area contributed by atoms with Crippen molar-refractivity contribution < 1.29 is 18.1 Å². The Morgan fingerprint density at radius 3 is 2.00 bits per heavy atom. The summed E-state index contributed by atoms with van der Waals surface area (Å²) >= 11 is 0. The molecule has 1 unspecified atom stereocenters. The molecule has 14 heavy (non-hydrogen) atoms. The van der Waals surface area contributed by atoms with Crippen LogP contribution >= 0.6 is 7.82 Å². The monoisotopic (exact) mass is 224 g/mol. The molecule has 4 nitrogen and oxygen atoms in total. The first-order valence-corrected chi connectivity index (χ1v) is 6.61. The van der Waals surface area contributed by atoms with Gasteiger partial charge in [-0.3, -0.25) is 13.6 Å². The zero-order valence-corrected chi connectivity index (χ0v) is 10.4. The molecule has 0 aromatic heterocycles. The summed E-state index contributed by atoms with van der Waals surface area (Å²) in [4.78, 5) is 0. The molecule has 0 aliphatic carbocycles. The van der Waals surface area contributed by atoms with E-state index >= 15 is 0 Å². The average Bonchev–Trinajstić information content (AvgIpc) is 2.04. The van der Waals surface area contributed by atoms with Crippen LogP contribution in [0.5, 0.6) is 0 Å². The van der Waals surface area contributed by atoms with Gasteiger partial charge >= 0.3 is 7.82 Å². The summed E-state index contributed by atoms with van der Waals surface area (Å²) in [6, 6.07) is 0. The van der Waals surface area contributed by atoms with Crippen LogP contribution < -0.4 is 0 Å². The third-order valence-electron chi connectivity index (χ3n) is 1.58. The van der Waals surface area contributed by atoms with E-state index in [1.165, 1.54) is 0 Å². The van der Waals surface area contributed by atoms with Gasteiger partial charge in [0.2, 0.25) is 0 Å². The second kappa shape index (κ2) is 7.41. The average molecular weight is 224 g/mol. The molecule has 0 rings (SSSR count). The fraction of sp³-hybridized carbons (Fsp3) is 1.00. The molecule has 5 heteroatoms. The summed E-state index contributed by atoms with van der Waals surface area (Å²) in [5, 5.41) is 0. The maximum atomic E-state index is 11.8. The molecule has 0 aliphatic heterocycles. The summed E-state index contributed by atoms with van der Waals surface area (Å²) in [6.45, 7) is 8.10. The first-order valence-electron chi connectivity index (χ1n) is 5.15. The van der Waals surface area contributed by atoms with E-state index in [0.29, 0.717) is 13.2 Å². The molecular weight excluding hydrogens is 203 g/mol. The fourth-order valence-electron chi connectivity index (χ4n) is 1.09. The zero-order chi connectivity index (χ0) is 11.0. The molecule has 0 saturated carbocycles. The Labute approximate surface area is 86.5 Å². The van der Waals surface area contributed by atoms with Crippen LogP contribution in [-0.2, 0) is 18.1 Å². The smallest absolute Gasteiger partial charge is 0.287 e. The van der Waals surface area contributed by atoms with E-state index in [0.717, 1.165) is 12.8 Å². The molecule has 0 aromatic carbocycles. The molecule has 0 heterocycles. The summed E-state index contributed by atoms with van der Waals surface area (Å²) in [5.41, 5.74) is 0. The highest BCUT2D eigenvalue weighted by Crippen LogP contribution is 2.50. The lowest BCUT2D eigenvalue weighted by molar-refractivity contribution is 0.0871. The van der Waals surface area contributed by atoms with Gasteiger partial charge in [-0.1, -0.05) is 13.3 Å². The standard InChI is InChI=1S/C9H21O4P/c1-5-8-9(4)13-14(10,11-6-2)12-7-3/h9H,5-8H2,1-4H3. The molecule has 0 spiro atoms. The van der Waals surface area contributed by atoms with E-state index in [4.69, 9.17) is 13.6 Å². The van der Waals surface area contributed by atoms with Gasteiger partial charge in [-0.15, -0.1) is 0 Å². The van der Waals surface area contributed by atoms with Gasteiger partial charge in [0, 0.05) is 0 Å². The van der Waals surface area contributed by atoms with Crippen LogP contribution in [0.1, 0.15) is 40.5 Å². The highest BCUT2D eigenvalue weighted by molar-refractivity contribution is 7.48. The van der Waals surface area contributed by atoms with Crippen molar-refractivity contribution in [2.75, 3.05) is 13.2 Å². The van der Waals surface area contributed by atoms with Gasteiger partial charge in [0.05, 0.1) is 19.3 Å². The molecule has 0 saturated heterocycles. The predicted molar refractivity (Wildman–Crippen MR) is 56.3 cm³/mol. The van der Waals surface area contributed by atoms with Gasteiger partial charge in [0.15, 0.2) is 0 Å². The fourth-order valence-corrected chi connectivity index (χ4v) is 2.47. The number of hydrogen-bond donors (Lipinski definition) is 0. The molecule has 0 N–H and O–H groups in total.